The third-order valence-electron chi connectivity index (χ3n) is 13.2. The molecule has 330 valence electrons. The average Bonchev–Trinajstić information content (AvgIpc) is 3.19. The van der Waals surface area contributed by atoms with Gasteiger partial charge in [0.1, 0.15) is 17.9 Å². The normalized spacial score (nSPS) is 31.7. The van der Waals surface area contributed by atoms with Gasteiger partial charge in [-0.05, 0) is 102 Å². The van der Waals surface area contributed by atoms with Crippen LogP contribution in [-0.2, 0) is 38.1 Å². The van der Waals surface area contributed by atoms with Crippen LogP contribution in [0.3, 0.4) is 0 Å². The lowest BCUT2D eigenvalue weighted by atomic mass is 9.79. The minimum Gasteiger partial charge on any atom is -0.480 e. The highest BCUT2D eigenvalue weighted by Crippen LogP contribution is 2.39. The SMILES string of the molecule is C=CC[C@H](/C=C(\C)C[C@H](C)C[C@H](OC)[C@H]1O[C@@](O)(C(=O)C(=O)N2CCCC[C@H]2C(=O)O)[C@H](C)C[C@@H]1OC)C(=O)C[C@H](O)[C@@H](C)[C@H](C)/C(C)=C/[C@@H]1CC[C@@H](O)[C@H](OC)C1. The number of hydrogen-bond acceptors (Lipinski definition) is 11. The van der Waals surface area contributed by atoms with Crippen LogP contribution in [0.2, 0.25) is 0 Å². The first-order valence-corrected chi connectivity index (χ1v) is 21.2. The van der Waals surface area contributed by atoms with Gasteiger partial charge in [-0.1, -0.05) is 57.1 Å². The first-order chi connectivity index (χ1) is 27.3. The van der Waals surface area contributed by atoms with E-state index in [0.717, 1.165) is 28.9 Å². The quantitative estimate of drug-likeness (QED) is 0.0850. The van der Waals surface area contributed by atoms with E-state index in [0.29, 0.717) is 38.5 Å². The number of rotatable bonds is 21. The zero-order chi connectivity index (χ0) is 43.5. The van der Waals surface area contributed by atoms with E-state index >= 15 is 0 Å². The first kappa shape index (κ1) is 49.6. The molecule has 1 saturated carbocycles. The summed E-state index contributed by atoms with van der Waals surface area (Å²) in [6, 6.07) is -1.15. The topological polar surface area (TPSA) is 189 Å². The molecule has 0 aromatic rings. The number of carbonyl (C=O) groups excluding carboxylic acids is 3. The largest absolute Gasteiger partial charge is 0.480 e. The molecule has 3 aliphatic rings. The van der Waals surface area contributed by atoms with Gasteiger partial charge in [-0.3, -0.25) is 14.4 Å². The lowest BCUT2D eigenvalue weighted by Crippen LogP contribution is -2.64. The highest BCUT2D eigenvalue weighted by Gasteiger charge is 2.56. The molecule has 13 heteroatoms. The number of Topliss-reactive ketones (excluding diaryl/α,β-unsaturated/α-hetero) is 2. The summed E-state index contributed by atoms with van der Waals surface area (Å²) < 4.78 is 23.2. The fourth-order valence-electron chi connectivity index (χ4n) is 9.22. The zero-order valence-corrected chi connectivity index (χ0v) is 36.4. The van der Waals surface area contributed by atoms with Gasteiger partial charge in [0.2, 0.25) is 5.79 Å². The summed E-state index contributed by atoms with van der Waals surface area (Å²) in [5.74, 6) is -7.18. The molecule has 3 fully saturated rings. The summed E-state index contributed by atoms with van der Waals surface area (Å²) in [6.07, 6.45) is 7.66. The van der Waals surface area contributed by atoms with E-state index in [-0.39, 0.29) is 61.4 Å². The highest BCUT2D eigenvalue weighted by molar-refractivity contribution is 6.39. The van der Waals surface area contributed by atoms with Crippen molar-refractivity contribution in [1.82, 2.24) is 4.90 Å². The van der Waals surface area contributed by atoms with Gasteiger partial charge in [0.15, 0.2) is 0 Å². The Morgan fingerprint density at radius 1 is 0.983 bits per heavy atom. The number of carboxylic acids is 1. The monoisotopic (exact) mass is 820 g/mol. The number of allylic oxidation sites excluding steroid dienone is 5. The Kier molecular flexibility index (Phi) is 19.4. The Morgan fingerprint density at radius 2 is 1.66 bits per heavy atom. The number of hydrogen-bond donors (Lipinski definition) is 4. The number of aliphatic carboxylic acids is 1. The first-order valence-electron chi connectivity index (χ1n) is 21.2. The van der Waals surface area contributed by atoms with Crippen molar-refractivity contribution in [3.63, 3.8) is 0 Å². The number of methoxy groups -OCH3 is 3. The smallest absolute Gasteiger partial charge is 0.326 e. The van der Waals surface area contributed by atoms with Crippen LogP contribution in [0.4, 0.5) is 0 Å². The number of ketones is 2. The molecule has 1 aliphatic carbocycles. The predicted octanol–water partition coefficient (Wildman–Crippen LogP) is 5.43. The molecule has 0 unspecified atom stereocenters. The molecule has 2 heterocycles. The number of piperidine rings is 1. The fraction of sp³-hybridized carbons (Fsp3) is 0.778. The van der Waals surface area contributed by atoms with Crippen molar-refractivity contribution in [3.8, 4) is 0 Å². The molecule has 1 amide bonds. The molecule has 14 atom stereocenters. The van der Waals surface area contributed by atoms with Crippen LogP contribution in [0.5, 0.6) is 0 Å². The van der Waals surface area contributed by atoms with Gasteiger partial charge in [0, 0.05) is 46.1 Å². The molecule has 3 rings (SSSR count). The Bertz CT molecular complexity index is 1460. The Labute approximate surface area is 346 Å². The number of nitrogens with zero attached hydrogens (tertiary/aromatic N) is 1. The number of likely N-dealkylation sites (tertiary alicyclic amines) is 1. The molecule has 2 saturated heterocycles. The molecular formula is C45H73NO12. The highest BCUT2D eigenvalue weighted by atomic mass is 16.7. The summed E-state index contributed by atoms with van der Waals surface area (Å²) >= 11 is 0. The minimum absolute atomic E-state index is 0.0101. The van der Waals surface area contributed by atoms with Crippen LogP contribution >= 0.6 is 0 Å². The van der Waals surface area contributed by atoms with E-state index in [9.17, 15) is 39.6 Å². The van der Waals surface area contributed by atoms with Gasteiger partial charge in [0.05, 0.1) is 30.5 Å². The third kappa shape index (κ3) is 12.6. The van der Waals surface area contributed by atoms with Gasteiger partial charge in [0.25, 0.3) is 11.7 Å². The van der Waals surface area contributed by atoms with Crippen LogP contribution in [-0.4, -0.2) is 125 Å². The van der Waals surface area contributed by atoms with Crippen LogP contribution < -0.4 is 0 Å². The molecule has 4 N–H and O–H groups in total. The van der Waals surface area contributed by atoms with E-state index in [1.54, 1.807) is 20.1 Å². The van der Waals surface area contributed by atoms with Crippen molar-refractivity contribution >= 4 is 23.4 Å². The standard InChI is InChI=1S/C45H73NO12/c1-11-14-33(37(49)25-36(48)31(7)30(6)28(4)22-32-16-17-35(47)38(24-32)55-8)20-26(2)19-27(3)21-39(56-9)41-40(57-10)23-29(5)45(54,58-41)42(50)43(51)46-18-13-12-15-34(46)44(52)53/h11,20,22,27,29-36,38-41,47-48,54H,1,12-19,21,23-25H2,2-10H3,(H,52,53)/b26-20+,28-22+/t27-,29+,30+,31-,32-,33+,34-,35+,36-,38+,39-,40-,41+,45+/m0/s1. The van der Waals surface area contributed by atoms with E-state index in [2.05, 4.69) is 26.5 Å². The number of ether oxygens (including phenoxy) is 4. The maximum atomic E-state index is 13.7. The lowest BCUT2D eigenvalue weighted by molar-refractivity contribution is -0.302. The summed E-state index contributed by atoms with van der Waals surface area (Å²) in [4.78, 5) is 53.7. The second-order valence-corrected chi connectivity index (χ2v) is 17.5. The average molecular weight is 820 g/mol. The van der Waals surface area contributed by atoms with Crippen LogP contribution in [0.25, 0.3) is 0 Å². The Morgan fingerprint density at radius 3 is 2.26 bits per heavy atom. The second kappa shape index (κ2) is 22.7. The third-order valence-corrected chi connectivity index (χ3v) is 13.2. The molecule has 0 radical (unpaired) electrons. The second-order valence-electron chi connectivity index (χ2n) is 17.5. The fourth-order valence-corrected chi connectivity index (χ4v) is 9.22. The summed E-state index contributed by atoms with van der Waals surface area (Å²) in [5.41, 5.74) is 2.12. The van der Waals surface area contributed by atoms with Crippen molar-refractivity contribution in [1.29, 1.82) is 0 Å². The Hall–Kier alpha value is -2.78. The number of amides is 1. The molecule has 13 nitrogen and oxygen atoms in total. The van der Waals surface area contributed by atoms with E-state index in [1.807, 2.05) is 26.8 Å². The number of aliphatic hydroxyl groups excluding tert-OH is 2. The maximum Gasteiger partial charge on any atom is 0.326 e. The van der Waals surface area contributed by atoms with Crippen molar-refractivity contribution in [3.05, 3.63) is 36.0 Å². The van der Waals surface area contributed by atoms with Crippen LogP contribution in [0.15, 0.2) is 36.0 Å². The predicted molar refractivity (Wildman–Crippen MR) is 220 cm³/mol. The molecular weight excluding hydrogens is 746 g/mol. The molecule has 58 heavy (non-hydrogen) atoms. The number of carbonyl (C=O) groups is 4. The lowest BCUT2D eigenvalue weighted by Gasteiger charge is -2.47. The van der Waals surface area contributed by atoms with E-state index in [1.165, 1.54) is 14.2 Å². The van der Waals surface area contributed by atoms with E-state index < -0.39 is 71.8 Å². The molecule has 0 aromatic carbocycles. The van der Waals surface area contributed by atoms with Crippen LogP contribution in [0.1, 0.15) is 112 Å². The summed E-state index contributed by atoms with van der Waals surface area (Å²) in [7, 11) is 4.64. The van der Waals surface area contributed by atoms with Gasteiger partial charge in [-0.25, -0.2) is 4.79 Å². The zero-order valence-electron chi connectivity index (χ0n) is 36.4. The van der Waals surface area contributed by atoms with Crippen molar-refractivity contribution < 1.29 is 58.6 Å². The Balaban J connectivity index is 1.66. The van der Waals surface area contributed by atoms with Gasteiger partial charge < -0.3 is 44.3 Å². The van der Waals surface area contributed by atoms with Gasteiger partial charge in [-0.15, -0.1) is 6.58 Å². The molecule has 0 aromatic heterocycles. The van der Waals surface area contributed by atoms with Gasteiger partial charge in [-0.2, -0.15) is 0 Å². The van der Waals surface area contributed by atoms with Crippen molar-refractivity contribution in [2.75, 3.05) is 27.9 Å². The van der Waals surface area contributed by atoms with Crippen molar-refractivity contribution in [2.24, 2.45) is 35.5 Å². The van der Waals surface area contributed by atoms with E-state index in [4.69, 9.17) is 18.9 Å². The van der Waals surface area contributed by atoms with Crippen molar-refractivity contribution in [2.45, 2.75) is 161 Å². The van der Waals surface area contributed by atoms with Crippen LogP contribution in [0, 0.1) is 35.5 Å². The number of carboxylic acid groups (broad SMARTS) is 1. The molecule has 0 bridgehead atoms. The number of aliphatic hydroxyl groups is 3. The maximum absolute atomic E-state index is 13.7. The summed E-state index contributed by atoms with van der Waals surface area (Å²) in [6.45, 7) is 15.7. The molecule has 0 spiro atoms. The molecule has 2 aliphatic heterocycles. The minimum atomic E-state index is -2.51. The summed E-state index contributed by atoms with van der Waals surface area (Å²) in [5, 5.41) is 42.9. The van der Waals surface area contributed by atoms with Gasteiger partial charge >= 0.3 is 5.97 Å².